The van der Waals surface area contributed by atoms with E-state index in [0.717, 1.165) is 16.6 Å². The van der Waals surface area contributed by atoms with Gasteiger partial charge in [-0.1, -0.05) is 29.3 Å². The van der Waals surface area contributed by atoms with Crippen LogP contribution in [0.5, 0.6) is 0 Å². The molecule has 0 radical (unpaired) electrons. The molecule has 1 heterocycles. The highest BCUT2D eigenvalue weighted by atomic mass is 35.5. The van der Waals surface area contributed by atoms with Crippen LogP contribution in [0.2, 0.25) is 10.0 Å². The van der Waals surface area contributed by atoms with Crippen molar-refractivity contribution in [1.82, 2.24) is 4.98 Å². The highest BCUT2D eigenvalue weighted by molar-refractivity contribution is 6.42. The number of fused-ring (bicyclic) bond motifs is 1. The maximum absolute atomic E-state index is 10.7. The van der Waals surface area contributed by atoms with Gasteiger partial charge in [-0.05, 0) is 30.4 Å². The molecule has 6 heteroatoms. The van der Waals surface area contributed by atoms with Crippen LogP contribution in [0.15, 0.2) is 36.1 Å². The number of hydrogen-bond donors (Lipinski definition) is 2. The minimum atomic E-state index is -1.12. The molecule has 2 N–H and O–H groups in total. The van der Waals surface area contributed by atoms with Gasteiger partial charge < -0.3 is 14.8 Å². The topological polar surface area (TPSA) is 62.3 Å². The molecule has 0 amide bonds. The van der Waals surface area contributed by atoms with Gasteiger partial charge in [-0.25, -0.2) is 4.79 Å². The normalized spacial score (nSPS) is 12.2. The number of ether oxygens (including phenoxy) is 1. The summed E-state index contributed by atoms with van der Waals surface area (Å²) in [6.45, 7) is 0. The monoisotopic (exact) mass is 311 g/mol. The number of carboxylic acid groups (broad SMARTS) is 1. The number of hydrogen-bond acceptors (Lipinski definition) is 2. The van der Waals surface area contributed by atoms with Gasteiger partial charge in [0.1, 0.15) is 0 Å². The van der Waals surface area contributed by atoms with Crippen LogP contribution in [0.4, 0.5) is 0 Å². The van der Waals surface area contributed by atoms with Gasteiger partial charge in [-0.3, -0.25) is 0 Å². The van der Waals surface area contributed by atoms with Gasteiger partial charge in [0, 0.05) is 16.6 Å². The Morgan fingerprint density at radius 3 is 2.65 bits per heavy atom. The maximum Gasteiger partial charge on any atom is 0.371 e. The van der Waals surface area contributed by atoms with Crippen LogP contribution in [0.3, 0.4) is 0 Å². The van der Waals surface area contributed by atoms with Gasteiger partial charge in [-0.2, -0.15) is 0 Å². The van der Waals surface area contributed by atoms with Gasteiger partial charge in [0.15, 0.2) is 0 Å². The Bertz CT molecular complexity index is 678. The fourth-order valence-electron chi connectivity index (χ4n) is 1.70. The number of rotatable bonds is 4. The SMILES string of the molecule is CO/C(=C\C=C\c1cc2cc(Cl)c(Cl)cc2[nH]1)C(=O)O. The van der Waals surface area contributed by atoms with Gasteiger partial charge in [0.25, 0.3) is 0 Å². The molecule has 2 aromatic rings. The molecule has 0 fully saturated rings. The summed E-state index contributed by atoms with van der Waals surface area (Å²) in [5.41, 5.74) is 1.66. The zero-order chi connectivity index (χ0) is 14.7. The molecule has 0 atom stereocenters. The van der Waals surface area contributed by atoms with Crippen LogP contribution in [-0.2, 0) is 9.53 Å². The first-order valence-corrected chi connectivity index (χ1v) is 6.40. The Hall–Kier alpha value is -1.91. The summed E-state index contributed by atoms with van der Waals surface area (Å²) < 4.78 is 4.71. The number of methoxy groups -OCH3 is 1. The maximum atomic E-state index is 10.7. The Labute approximate surface area is 125 Å². The quantitative estimate of drug-likeness (QED) is 0.507. The summed E-state index contributed by atoms with van der Waals surface area (Å²) in [6.07, 6.45) is 4.68. The molecule has 0 spiro atoms. The Balaban J connectivity index is 2.28. The molecule has 20 heavy (non-hydrogen) atoms. The summed E-state index contributed by atoms with van der Waals surface area (Å²) in [4.78, 5) is 13.9. The number of allylic oxidation sites excluding steroid dienone is 2. The fraction of sp³-hybridized carbons (Fsp3) is 0.0714. The van der Waals surface area contributed by atoms with Crippen molar-refractivity contribution in [2.24, 2.45) is 0 Å². The highest BCUT2D eigenvalue weighted by Gasteiger charge is 2.05. The average molecular weight is 312 g/mol. The van der Waals surface area contributed by atoms with E-state index in [-0.39, 0.29) is 5.76 Å². The number of carboxylic acids is 1. The third kappa shape index (κ3) is 3.15. The lowest BCUT2D eigenvalue weighted by atomic mass is 10.2. The predicted octanol–water partition coefficient (Wildman–Crippen LogP) is 4.10. The zero-order valence-corrected chi connectivity index (χ0v) is 12.0. The van der Waals surface area contributed by atoms with Crippen LogP contribution >= 0.6 is 23.2 Å². The lowest BCUT2D eigenvalue weighted by molar-refractivity contribution is -0.136. The summed E-state index contributed by atoms with van der Waals surface area (Å²) in [7, 11) is 1.31. The first kappa shape index (κ1) is 14.5. The molecule has 0 aliphatic carbocycles. The van der Waals surface area contributed by atoms with Crippen LogP contribution < -0.4 is 0 Å². The molecular weight excluding hydrogens is 301 g/mol. The molecule has 0 saturated carbocycles. The van der Waals surface area contributed by atoms with Crippen LogP contribution in [0.1, 0.15) is 5.69 Å². The van der Waals surface area contributed by atoms with Crippen LogP contribution in [0, 0.1) is 0 Å². The van der Waals surface area contributed by atoms with Crippen molar-refractivity contribution in [1.29, 1.82) is 0 Å². The van der Waals surface area contributed by atoms with E-state index >= 15 is 0 Å². The van der Waals surface area contributed by atoms with Gasteiger partial charge in [-0.15, -0.1) is 0 Å². The predicted molar refractivity (Wildman–Crippen MR) is 80.1 cm³/mol. The molecule has 2 rings (SSSR count). The standard InChI is InChI=1S/C14H11Cl2NO3/c1-20-13(14(18)19)4-2-3-9-5-8-6-10(15)11(16)7-12(8)17-9/h2-7,17H,1H3,(H,18,19)/b3-2+,13-4-. The number of aromatic amines is 1. The van der Waals surface area contributed by atoms with E-state index in [1.165, 1.54) is 13.2 Å². The van der Waals surface area contributed by atoms with Crippen molar-refractivity contribution >= 4 is 46.2 Å². The van der Waals surface area contributed by atoms with E-state index in [1.807, 2.05) is 6.07 Å². The second-order valence-electron chi connectivity index (χ2n) is 3.98. The van der Waals surface area contributed by atoms with E-state index in [4.69, 9.17) is 33.0 Å². The summed E-state index contributed by atoms with van der Waals surface area (Å²) in [5.74, 6) is -1.25. The third-order valence-electron chi connectivity index (χ3n) is 2.64. The van der Waals surface area contributed by atoms with E-state index in [0.29, 0.717) is 10.0 Å². The lowest BCUT2D eigenvalue weighted by Crippen LogP contribution is -2.01. The molecule has 1 aromatic heterocycles. The Kier molecular flexibility index (Phi) is 4.37. The Morgan fingerprint density at radius 1 is 1.30 bits per heavy atom. The molecule has 0 aliphatic heterocycles. The summed E-state index contributed by atoms with van der Waals surface area (Å²) in [6, 6.07) is 5.39. The summed E-state index contributed by atoms with van der Waals surface area (Å²) in [5, 5.41) is 10.7. The van der Waals surface area contributed by atoms with Crippen molar-refractivity contribution < 1.29 is 14.6 Å². The number of aliphatic carboxylic acids is 1. The number of nitrogens with one attached hydrogen (secondary N) is 1. The molecule has 0 unspecified atom stereocenters. The van der Waals surface area contributed by atoms with E-state index in [2.05, 4.69) is 4.98 Å². The second kappa shape index (κ2) is 6.03. The molecule has 104 valence electrons. The minimum absolute atomic E-state index is 0.136. The number of benzene rings is 1. The first-order valence-electron chi connectivity index (χ1n) is 5.64. The highest BCUT2D eigenvalue weighted by Crippen LogP contribution is 2.28. The van der Waals surface area contributed by atoms with Crippen LogP contribution in [0.25, 0.3) is 17.0 Å². The van der Waals surface area contributed by atoms with Crippen LogP contribution in [-0.4, -0.2) is 23.2 Å². The molecular formula is C14H11Cl2NO3. The average Bonchev–Trinajstić information content (AvgIpc) is 2.76. The molecule has 0 aliphatic rings. The van der Waals surface area contributed by atoms with Crippen molar-refractivity contribution in [2.45, 2.75) is 0 Å². The van der Waals surface area contributed by atoms with E-state index < -0.39 is 5.97 Å². The van der Waals surface area contributed by atoms with Gasteiger partial charge >= 0.3 is 5.97 Å². The van der Waals surface area contributed by atoms with E-state index in [9.17, 15) is 4.79 Å². The number of aromatic nitrogens is 1. The molecule has 0 saturated heterocycles. The third-order valence-corrected chi connectivity index (χ3v) is 3.36. The second-order valence-corrected chi connectivity index (χ2v) is 4.79. The lowest BCUT2D eigenvalue weighted by Gasteiger charge is -1.96. The molecule has 0 bridgehead atoms. The number of carbonyl (C=O) groups is 1. The number of halogens is 2. The fourth-order valence-corrected chi connectivity index (χ4v) is 2.04. The number of H-pyrrole nitrogens is 1. The van der Waals surface area contributed by atoms with Crippen molar-refractivity contribution in [3.05, 3.63) is 51.8 Å². The molecule has 1 aromatic carbocycles. The first-order chi connectivity index (χ1) is 9.51. The smallest absolute Gasteiger partial charge is 0.371 e. The summed E-state index contributed by atoms with van der Waals surface area (Å²) >= 11 is 11.9. The molecule has 4 nitrogen and oxygen atoms in total. The largest absolute Gasteiger partial charge is 0.490 e. The van der Waals surface area contributed by atoms with Gasteiger partial charge in [0.2, 0.25) is 5.76 Å². The minimum Gasteiger partial charge on any atom is -0.490 e. The zero-order valence-electron chi connectivity index (χ0n) is 10.5. The van der Waals surface area contributed by atoms with Crippen molar-refractivity contribution in [3.63, 3.8) is 0 Å². The van der Waals surface area contributed by atoms with E-state index in [1.54, 1.807) is 24.3 Å². The Morgan fingerprint density at radius 2 is 2.00 bits per heavy atom. The van der Waals surface area contributed by atoms with Crippen molar-refractivity contribution in [2.75, 3.05) is 7.11 Å². The van der Waals surface area contributed by atoms with Gasteiger partial charge in [0.05, 0.1) is 17.2 Å². The van der Waals surface area contributed by atoms with Crippen molar-refractivity contribution in [3.8, 4) is 0 Å².